The van der Waals surface area contributed by atoms with Crippen molar-refractivity contribution in [1.82, 2.24) is 5.32 Å². The summed E-state index contributed by atoms with van der Waals surface area (Å²) < 4.78 is 6.24. The van der Waals surface area contributed by atoms with E-state index in [0.29, 0.717) is 35.3 Å². The molecule has 1 N–H and O–H groups in total. The minimum absolute atomic E-state index is 0.0881. The lowest BCUT2D eigenvalue weighted by Crippen LogP contribution is -2.26. The molecule has 132 valence electrons. The van der Waals surface area contributed by atoms with Gasteiger partial charge in [0, 0.05) is 28.9 Å². The average molecular weight is 454 g/mol. The predicted molar refractivity (Wildman–Crippen MR) is 104 cm³/mol. The van der Waals surface area contributed by atoms with Gasteiger partial charge in [-0.05, 0) is 47.1 Å². The van der Waals surface area contributed by atoms with E-state index in [1.54, 1.807) is 6.07 Å². The summed E-state index contributed by atoms with van der Waals surface area (Å²) in [6.45, 7) is 1.66. The van der Waals surface area contributed by atoms with E-state index in [9.17, 15) is 14.9 Å². The summed E-state index contributed by atoms with van der Waals surface area (Å²) >= 11 is 1.99. The van der Waals surface area contributed by atoms with Gasteiger partial charge in [0.15, 0.2) is 0 Å². The molecule has 2 aromatic carbocycles. The summed E-state index contributed by atoms with van der Waals surface area (Å²) in [4.78, 5) is 22.4. The number of nitrogens with zero attached hydrogens (tertiary/aromatic N) is 1. The molecule has 0 bridgehead atoms. The van der Waals surface area contributed by atoms with E-state index < -0.39 is 4.92 Å². The molecule has 0 unspecified atom stereocenters. The minimum atomic E-state index is -0.507. The molecule has 0 radical (unpaired) electrons. The quantitative estimate of drug-likeness (QED) is 0.272. The maximum Gasteiger partial charge on any atom is 0.270 e. The van der Waals surface area contributed by atoms with Gasteiger partial charge in [-0.3, -0.25) is 14.9 Å². The molecule has 7 heteroatoms. The normalized spacial score (nSPS) is 10.4. The number of hydrogen-bond donors (Lipinski definition) is 1. The number of non-ortho nitro benzene ring substituents is 1. The van der Waals surface area contributed by atoms with Crippen LogP contribution in [0.15, 0.2) is 48.5 Å². The van der Waals surface area contributed by atoms with E-state index in [0.717, 1.165) is 6.42 Å². The van der Waals surface area contributed by atoms with Crippen molar-refractivity contribution in [3.8, 4) is 0 Å². The maximum absolute atomic E-state index is 12.1. The van der Waals surface area contributed by atoms with Crippen LogP contribution in [0.2, 0.25) is 0 Å². The lowest BCUT2D eigenvalue weighted by molar-refractivity contribution is -0.384. The molecule has 0 saturated carbocycles. The smallest absolute Gasteiger partial charge is 0.270 e. The van der Waals surface area contributed by atoms with Gasteiger partial charge in [0.25, 0.3) is 11.6 Å². The van der Waals surface area contributed by atoms with Crippen LogP contribution < -0.4 is 5.32 Å². The SMILES string of the molecule is O=C(NCCCOCCc1ccccc1)c1cc([N+](=O)[O-])ccc1I. The van der Waals surface area contributed by atoms with Gasteiger partial charge in [-0.25, -0.2) is 0 Å². The molecule has 0 aliphatic heterocycles. The second kappa shape index (κ2) is 10.1. The van der Waals surface area contributed by atoms with Crippen LogP contribution in [-0.2, 0) is 11.2 Å². The Kier molecular flexibility index (Phi) is 7.80. The monoisotopic (exact) mass is 454 g/mol. The van der Waals surface area contributed by atoms with Crippen LogP contribution in [-0.4, -0.2) is 30.6 Å². The van der Waals surface area contributed by atoms with E-state index in [-0.39, 0.29) is 11.6 Å². The summed E-state index contributed by atoms with van der Waals surface area (Å²) in [6.07, 6.45) is 1.55. The van der Waals surface area contributed by atoms with Crippen molar-refractivity contribution in [2.75, 3.05) is 19.8 Å². The molecular formula is C18H19IN2O4. The van der Waals surface area contributed by atoms with Crippen LogP contribution in [0.1, 0.15) is 22.3 Å². The molecule has 2 aromatic rings. The molecular weight excluding hydrogens is 435 g/mol. The molecule has 0 aromatic heterocycles. The van der Waals surface area contributed by atoms with Crippen molar-refractivity contribution in [3.63, 3.8) is 0 Å². The number of halogens is 1. The van der Waals surface area contributed by atoms with E-state index >= 15 is 0 Å². The summed E-state index contributed by atoms with van der Waals surface area (Å²) in [7, 11) is 0. The van der Waals surface area contributed by atoms with Gasteiger partial charge in [0.05, 0.1) is 17.1 Å². The molecule has 0 heterocycles. The van der Waals surface area contributed by atoms with Gasteiger partial charge in [-0.2, -0.15) is 0 Å². The fourth-order valence-corrected chi connectivity index (χ4v) is 2.79. The fourth-order valence-electron chi connectivity index (χ4n) is 2.21. The minimum Gasteiger partial charge on any atom is -0.381 e. The van der Waals surface area contributed by atoms with Crippen LogP contribution >= 0.6 is 22.6 Å². The zero-order valence-electron chi connectivity index (χ0n) is 13.6. The van der Waals surface area contributed by atoms with E-state index in [2.05, 4.69) is 17.4 Å². The predicted octanol–water partition coefficient (Wildman–Crippen LogP) is 3.58. The Balaban J connectivity index is 1.67. The molecule has 1 amide bonds. The fraction of sp³-hybridized carbons (Fsp3) is 0.278. The summed E-state index contributed by atoms with van der Waals surface area (Å²) in [5.41, 5.74) is 1.46. The van der Waals surface area contributed by atoms with E-state index in [4.69, 9.17) is 4.74 Å². The van der Waals surface area contributed by atoms with Crippen molar-refractivity contribution in [2.45, 2.75) is 12.8 Å². The van der Waals surface area contributed by atoms with Crippen LogP contribution in [0.5, 0.6) is 0 Å². The first kappa shape index (κ1) is 19.3. The number of nitro benzene ring substituents is 1. The number of nitro groups is 1. The molecule has 0 fully saturated rings. The third-order valence-electron chi connectivity index (χ3n) is 3.53. The maximum atomic E-state index is 12.1. The largest absolute Gasteiger partial charge is 0.381 e. The van der Waals surface area contributed by atoms with E-state index in [1.807, 2.05) is 40.8 Å². The highest BCUT2D eigenvalue weighted by molar-refractivity contribution is 14.1. The molecule has 0 atom stereocenters. The zero-order valence-corrected chi connectivity index (χ0v) is 15.8. The van der Waals surface area contributed by atoms with Crippen molar-refractivity contribution < 1.29 is 14.5 Å². The molecule has 0 aliphatic carbocycles. The zero-order chi connectivity index (χ0) is 18.1. The lowest BCUT2D eigenvalue weighted by atomic mass is 10.2. The van der Waals surface area contributed by atoms with Gasteiger partial charge in [0.1, 0.15) is 0 Å². The topological polar surface area (TPSA) is 81.5 Å². The van der Waals surface area contributed by atoms with Crippen LogP contribution in [0.4, 0.5) is 5.69 Å². The number of rotatable bonds is 9. The third-order valence-corrected chi connectivity index (χ3v) is 4.47. The third kappa shape index (κ3) is 6.43. The Labute approximate surface area is 159 Å². The Bertz CT molecular complexity index is 722. The van der Waals surface area contributed by atoms with Crippen LogP contribution in [0.3, 0.4) is 0 Å². The van der Waals surface area contributed by atoms with E-state index in [1.165, 1.54) is 17.7 Å². The van der Waals surface area contributed by atoms with Crippen molar-refractivity contribution in [3.05, 3.63) is 73.3 Å². The number of amides is 1. The molecule has 2 rings (SSSR count). The lowest BCUT2D eigenvalue weighted by Gasteiger charge is -2.08. The Morgan fingerprint density at radius 1 is 1.16 bits per heavy atom. The number of ether oxygens (including phenoxy) is 1. The second-order valence-corrected chi connectivity index (χ2v) is 6.54. The average Bonchev–Trinajstić information content (AvgIpc) is 2.61. The first-order chi connectivity index (χ1) is 12.1. The number of hydrogen-bond acceptors (Lipinski definition) is 4. The van der Waals surface area contributed by atoms with Gasteiger partial charge in [0.2, 0.25) is 0 Å². The van der Waals surface area contributed by atoms with Gasteiger partial charge in [-0.15, -0.1) is 0 Å². The number of carbonyl (C=O) groups excluding carboxylic acids is 1. The van der Waals surface area contributed by atoms with Gasteiger partial charge >= 0.3 is 0 Å². The molecule has 6 nitrogen and oxygen atoms in total. The van der Waals surface area contributed by atoms with Gasteiger partial charge in [-0.1, -0.05) is 30.3 Å². The Morgan fingerprint density at radius 3 is 2.64 bits per heavy atom. The number of benzene rings is 2. The van der Waals surface area contributed by atoms with Crippen molar-refractivity contribution >= 4 is 34.2 Å². The Morgan fingerprint density at radius 2 is 1.92 bits per heavy atom. The first-order valence-electron chi connectivity index (χ1n) is 7.92. The number of nitrogens with one attached hydrogen (secondary N) is 1. The highest BCUT2D eigenvalue weighted by atomic mass is 127. The Hall–Kier alpha value is -2.00. The summed E-state index contributed by atoms with van der Waals surface area (Å²) in [5, 5.41) is 13.6. The van der Waals surface area contributed by atoms with Crippen LogP contribution in [0.25, 0.3) is 0 Å². The number of carbonyl (C=O) groups is 1. The highest BCUT2D eigenvalue weighted by Gasteiger charge is 2.14. The summed E-state index contributed by atoms with van der Waals surface area (Å²) in [5.74, 6) is -0.308. The summed E-state index contributed by atoms with van der Waals surface area (Å²) in [6, 6.07) is 14.4. The molecule has 0 saturated heterocycles. The molecule has 0 spiro atoms. The van der Waals surface area contributed by atoms with Gasteiger partial charge < -0.3 is 10.1 Å². The first-order valence-corrected chi connectivity index (χ1v) is 8.99. The molecule has 0 aliphatic rings. The van der Waals surface area contributed by atoms with Crippen molar-refractivity contribution in [1.29, 1.82) is 0 Å². The second-order valence-electron chi connectivity index (χ2n) is 5.38. The van der Waals surface area contributed by atoms with Crippen molar-refractivity contribution in [2.24, 2.45) is 0 Å². The van der Waals surface area contributed by atoms with Crippen LogP contribution in [0, 0.1) is 13.7 Å². The standard InChI is InChI=1S/C18H19IN2O4/c19-17-8-7-15(21(23)24)13-16(17)18(22)20-10-4-11-25-12-9-14-5-2-1-3-6-14/h1-3,5-8,13H,4,9-12H2,(H,20,22). The molecule has 25 heavy (non-hydrogen) atoms. The highest BCUT2D eigenvalue weighted by Crippen LogP contribution is 2.19.